The maximum absolute atomic E-state index is 12.7. The minimum Gasteiger partial charge on any atom is -0.504 e. The first-order valence-corrected chi connectivity index (χ1v) is 19.3. The molecule has 6 fully saturated rings. The van der Waals surface area contributed by atoms with Crippen molar-refractivity contribution in [2.24, 2.45) is 11.8 Å². The number of ketones is 1. The Balaban J connectivity index is 0.000000126. The number of hydrogen-bond acceptors (Lipinski definition) is 9. The standard InChI is InChI=1S/C21H25NO3.C20H23NO4.ClH/c1-12-6-7-21(24)16-10-14-4-5-15(23)18-17(14)20(21,19(12)25-18)8-9-22(16)11-13-2-3-13;22-13-4-3-12-9-15-20(24)6-5-14(23)18-19(20,16(12)17(13)25-18)7-8-21(15)10-11-1-2-11;/h4-5,13,16,19,23-24H,1-3,6-11H2;3-4,11,15,18,22,24H,1-2,5-10H2;1H/t16-,19+,20+,21-;15-,18+,19+,20-;/m11./s1. The number of benzene rings is 2. The van der Waals surface area contributed by atoms with Crippen LogP contribution in [0.15, 0.2) is 36.4 Å². The van der Waals surface area contributed by atoms with E-state index in [1.165, 1.54) is 31.2 Å². The number of halogens is 1. The van der Waals surface area contributed by atoms with E-state index in [2.05, 4.69) is 16.4 Å². The van der Waals surface area contributed by atoms with Gasteiger partial charge in [-0.3, -0.25) is 14.6 Å². The molecule has 51 heavy (non-hydrogen) atoms. The van der Waals surface area contributed by atoms with Crippen molar-refractivity contribution < 1.29 is 34.7 Å². The van der Waals surface area contributed by atoms with Gasteiger partial charge >= 0.3 is 0 Å². The van der Waals surface area contributed by atoms with Gasteiger partial charge in [0, 0.05) is 42.7 Å². The molecule has 8 atom stereocenters. The summed E-state index contributed by atoms with van der Waals surface area (Å²) in [4.78, 5) is 17.7. The fraction of sp³-hybridized carbons (Fsp3) is 0.634. The first-order valence-electron chi connectivity index (χ1n) is 19.3. The minimum absolute atomic E-state index is 0. The van der Waals surface area contributed by atoms with Crippen LogP contribution in [-0.4, -0.2) is 97.7 Å². The van der Waals surface area contributed by atoms with E-state index >= 15 is 0 Å². The summed E-state index contributed by atoms with van der Waals surface area (Å²) in [6, 6.07) is 7.65. The lowest BCUT2D eigenvalue weighted by Crippen LogP contribution is -2.76. The second-order valence-corrected chi connectivity index (χ2v) is 17.6. The number of nitrogens with zero attached hydrogens (tertiary/aromatic N) is 2. The highest BCUT2D eigenvalue weighted by molar-refractivity contribution is 5.90. The van der Waals surface area contributed by atoms with Crippen molar-refractivity contribution in [3.05, 3.63) is 58.7 Å². The number of carbonyl (C=O) groups excluding carboxylic acids is 1. The molecule has 4 heterocycles. The Kier molecular flexibility index (Phi) is 6.85. The molecule has 4 aliphatic heterocycles. The highest BCUT2D eigenvalue weighted by Gasteiger charge is 2.74. The lowest BCUT2D eigenvalue weighted by Gasteiger charge is -2.63. The molecule has 6 aliphatic carbocycles. The van der Waals surface area contributed by atoms with Crippen LogP contribution in [0.2, 0.25) is 0 Å². The van der Waals surface area contributed by atoms with E-state index in [-0.39, 0.29) is 47.9 Å². The van der Waals surface area contributed by atoms with Gasteiger partial charge in [0.2, 0.25) is 0 Å². The Morgan fingerprint density at radius 2 is 1.18 bits per heavy atom. The van der Waals surface area contributed by atoms with Crippen molar-refractivity contribution in [2.75, 3.05) is 26.2 Å². The van der Waals surface area contributed by atoms with Gasteiger partial charge in [-0.1, -0.05) is 18.7 Å². The number of piperidine rings is 2. The third-order valence-corrected chi connectivity index (χ3v) is 15.3. The topological polar surface area (TPSA) is 123 Å². The van der Waals surface area contributed by atoms with Gasteiger partial charge in [-0.2, -0.15) is 0 Å². The van der Waals surface area contributed by atoms with Crippen LogP contribution < -0.4 is 9.47 Å². The summed E-state index contributed by atoms with van der Waals surface area (Å²) in [7, 11) is 0. The summed E-state index contributed by atoms with van der Waals surface area (Å²) in [6.45, 7) is 8.36. The molecule has 2 aromatic rings. The van der Waals surface area contributed by atoms with Crippen LogP contribution in [0.1, 0.15) is 86.5 Å². The molecule has 4 N–H and O–H groups in total. The molecule has 0 radical (unpaired) electrons. The van der Waals surface area contributed by atoms with Gasteiger partial charge in [0.05, 0.1) is 22.0 Å². The molecule has 0 aromatic heterocycles. The normalized spacial score (nSPS) is 40.6. The monoisotopic (exact) mass is 716 g/mol. The molecule has 12 rings (SSSR count). The van der Waals surface area contributed by atoms with Gasteiger partial charge in [-0.15, -0.1) is 12.4 Å². The number of ether oxygens (including phenoxy) is 2. The number of hydrogen-bond donors (Lipinski definition) is 4. The molecule has 4 bridgehead atoms. The van der Waals surface area contributed by atoms with E-state index in [0.717, 1.165) is 98.8 Å². The van der Waals surface area contributed by atoms with E-state index < -0.39 is 28.1 Å². The van der Waals surface area contributed by atoms with Gasteiger partial charge in [-0.05, 0) is 124 Å². The summed E-state index contributed by atoms with van der Waals surface area (Å²) in [5, 5.41) is 44.8. The summed E-state index contributed by atoms with van der Waals surface area (Å²) >= 11 is 0. The highest BCUT2D eigenvalue weighted by atomic mass is 35.5. The molecule has 9 nitrogen and oxygen atoms in total. The lowest BCUT2D eigenvalue weighted by molar-refractivity contribution is -0.188. The smallest absolute Gasteiger partial charge is 0.174 e. The van der Waals surface area contributed by atoms with E-state index in [9.17, 15) is 25.2 Å². The molecule has 272 valence electrons. The number of carbonyl (C=O) groups is 1. The summed E-state index contributed by atoms with van der Waals surface area (Å²) < 4.78 is 12.3. The number of phenols is 2. The fourth-order valence-corrected chi connectivity index (χ4v) is 12.7. The van der Waals surface area contributed by atoms with E-state index in [4.69, 9.17) is 9.47 Å². The number of Topliss-reactive ketones (excluding diaryl/α,β-unsaturated/α-hetero) is 1. The third-order valence-electron chi connectivity index (χ3n) is 15.3. The quantitative estimate of drug-likeness (QED) is 0.340. The zero-order chi connectivity index (χ0) is 33.9. The van der Waals surface area contributed by atoms with Gasteiger partial charge in [0.15, 0.2) is 34.9 Å². The molecule has 4 saturated carbocycles. The number of likely N-dealkylation sites (tertiary alicyclic amines) is 2. The fourth-order valence-electron chi connectivity index (χ4n) is 12.7. The Labute approximate surface area is 305 Å². The summed E-state index contributed by atoms with van der Waals surface area (Å²) in [6.07, 6.45) is 10.1. The van der Waals surface area contributed by atoms with Gasteiger partial charge in [0.1, 0.15) is 6.10 Å². The molecule has 0 unspecified atom stereocenters. The Morgan fingerprint density at radius 3 is 1.69 bits per heavy atom. The Hall–Kier alpha value is -2.82. The van der Waals surface area contributed by atoms with Gasteiger partial charge in [0.25, 0.3) is 0 Å². The van der Waals surface area contributed by atoms with Crippen molar-refractivity contribution in [1.82, 2.24) is 9.80 Å². The van der Waals surface area contributed by atoms with Crippen LogP contribution in [0.5, 0.6) is 23.0 Å². The van der Waals surface area contributed by atoms with Crippen LogP contribution >= 0.6 is 12.4 Å². The summed E-state index contributed by atoms with van der Waals surface area (Å²) in [5.41, 5.74) is 2.66. The Morgan fingerprint density at radius 1 is 0.706 bits per heavy atom. The predicted octanol–water partition coefficient (Wildman–Crippen LogP) is 4.46. The van der Waals surface area contributed by atoms with Gasteiger partial charge in [-0.25, -0.2) is 0 Å². The number of aliphatic hydroxyl groups is 2. The molecule has 2 spiro atoms. The second kappa shape index (κ2) is 10.7. The van der Waals surface area contributed by atoms with Gasteiger partial charge < -0.3 is 29.9 Å². The average molecular weight is 717 g/mol. The molecule has 10 aliphatic rings. The van der Waals surface area contributed by atoms with Crippen LogP contribution in [0.4, 0.5) is 0 Å². The molecule has 2 saturated heterocycles. The van der Waals surface area contributed by atoms with Crippen LogP contribution in [0.25, 0.3) is 0 Å². The van der Waals surface area contributed by atoms with Crippen molar-refractivity contribution in [2.45, 2.75) is 123 Å². The predicted molar refractivity (Wildman–Crippen MR) is 191 cm³/mol. The third kappa shape index (κ3) is 4.00. The lowest BCUT2D eigenvalue weighted by atomic mass is 9.48. The molecule has 2 aromatic carbocycles. The molecule has 0 amide bonds. The van der Waals surface area contributed by atoms with Crippen LogP contribution in [-0.2, 0) is 28.5 Å². The zero-order valence-corrected chi connectivity index (χ0v) is 29.9. The van der Waals surface area contributed by atoms with Crippen molar-refractivity contribution >= 4 is 18.2 Å². The van der Waals surface area contributed by atoms with Crippen LogP contribution in [0.3, 0.4) is 0 Å². The van der Waals surface area contributed by atoms with E-state index in [1.807, 2.05) is 12.1 Å². The highest BCUT2D eigenvalue weighted by Crippen LogP contribution is 2.67. The SMILES string of the molecule is C=C1CC[C@@]2(O)[C@H]3Cc4ccc(O)c5c4[C@@]2(CCN3CC2CC2)[C@H]1O5.Cl.O=C1CC[C@@]2(O)[C@H]3Cc4ccc(O)c5c4[C@@]2(CCN3CC2CC2)[C@H]1O5. The number of rotatable bonds is 4. The molecule has 10 heteroatoms. The average Bonchev–Trinajstić information content (AvgIpc) is 4.02. The zero-order valence-electron chi connectivity index (χ0n) is 29.1. The van der Waals surface area contributed by atoms with E-state index in [0.29, 0.717) is 24.3 Å². The molecular weight excluding hydrogens is 668 g/mol. The van der Waals surface area contributed by atoms with Crippen LogP contribution in [0, 0.1) is 11.8 Å². The maximum atomic E-state index is 12.7. The second-order valence-electron chi connectivity index (χ2n) is 17.6. The van der Waals surface area contributed by atoms with E-state index in [1.54, 1.807) is 12.1 Å². The van der Waals surface area contributed by atoms with Crippen molar-refractivity contribution in [1.29, 1.82) is 0 Å². The summed E-state index contributed by atoms with van der Waals surface area (Å²) in [5.74, 6) is 3.03. The first kappa shape index (κ1) is 32.8. The minimum atomic E-state index is -0.940. The molecular formula is C41H49ClN2O7. The number of phenolic OH excluding ortho intramolecular Hbond substituents is 2. The largest absolute Gasteiger partial charge is 0.504 e. The van der Waals surface area contributed by atoms with Crippen molar-refractivity contribution in [3.8, 4) is 23.0 Å². The maximum Gasteiger partial charge on any atom is 0.174 e. The Bertz CT molecular complexity index is 1740. The van der Waals surface area contributed by atoms with Crippen molar-refractivity contribution in [3.63, 3.8) is 0 Å². The number of aromatic hydroxyl groups is 2. The first-order chi connectivity index (χ1) is 24.1.